The molecule has 0 saturated carbocycles. The van der Waals surface area contributed by atoms with Gasteiger partial charge in [0, 0.05) is 17.7 Å². The Kier molecular flexibility index (Phi) is 4.64. The number of benzene rings is 2. The number of hydrogen-bond donors (Lipinski definition) is 1. The Morgan fingerprint density at radius 3 is 2.39 bits per heavy atom. The van der Waals surface area contributed by atoms with Crippen molar-refractivity contribution >= 4 is 11.6 Å². The van der Waals surface area contributed by atoms with Crippen LogP contribution in [0, 0.1) is 0 Å². The first kappa shape index (κ1) is 20.5. The minimum Gasteiger partial charge on any atom is -0.497 e. The molecular formula is C24H27NO6. The molecule has 2 aromatic carbocycles. The molecule has 5 rings (SSSR count). The standard InChI is InChI=1S/C24H27NO6/c1-22(2)29-15-19(30-22)20-23(13-14-24(27,31-23)16-7-5-4-6-8-16)21(26)25(20)17-9-11-18(28-3)12-10-17/h4-12,19-20,27H,13-15H2,1-3H3/t19-,20+,23-,24-/m1/s1. The Morgan fingerprint density at radius 1 is 1.06 bits per heavy atom. The van der Waals surface area contributed by atoms with Crippen LogP contribution in [-0.4, -0.2) is 48.3 Å². The number of anilines is 1. The predicted molar refractivity (Wildman–Crippen MR) is 113 cm³/mol. The highest BCUT2D eigenvalue weighted by atomic mass is 16.7. The highest BCUT2D eigenvalue weighted by molar-refractivity contribution is 6.08. The molecule has 0 aromatic heterocycles. The summed E-state index contributed by atoms with van der Waals surface area (Å²) in [7, 11) is 1.60. The van der Waals surface area contributed by atoms with Crippen molar-refractivity contribution in [1.29, 1.82) is 0 Å². The zero-order valence-electron chi connectivity index (χ0n) is 17.9. The molecule has 3 saturated heterocycles. The normalized spacial score (nSPS) is 34.2. The van der Waals surface area contributed by atoms with Crippen LogP contribution in [0.25, 0.3) is 0 Å². The summed E-state index contributed by atoms with van der Waals surface area (Å²) in [4.78, 5) is 15.3. The summed E-state index contributed by atoms with van der Waals surface area (Å²) in [6.45, 7) is 4.05. The molecule has 3 aliphatic rings. The van der Waals surface area contributed by atoms with Gasteiger partial charge >= 0.3 is 0 Å². The number of aliphatic hydroxyl groups is 1. The fraction of sp³-hybridized carbons (Fsp3) is 0.458. The van der Waals surface area contributed by atoms with Gasteiger partial charge in [-0.05, 0) is 44.5 Å². The molecule has 3 fully saturated rings. The molecule has 7 heteroatoms. The maximum absolute atomic E-state index is 13.6. The smallest absolute Gasteiger partial charge is 0.262 e. The van der Waals surface area contributed by atoms with Crippen LogP contribution >= 0.6 is 0 Å². The van der Waals surface area contributed by atoms with Gasteiger partial charge in [-0.3, -0.25) is 4.79 Å². The van der Waals surface area contributed by atoms with Gasteiger partial charge in [-0.15, -0.1) is 0 Å². The van der Waals surface area contributed by atoms with Gasteiger partial charge in [0.15, 0.2) is 17.2 Å². The van der Waals surface area contributed by atoms with E-state index >= 15 is 0 Å². The summed E-state index contributed by atoms with van der Waals surface area (Å²) < 4.78 is 23.5. The summed E-state index contributed by atoms with van der Waals surface area (Å²) in [5, 5.41) is 11.3. The molecule has 1 N–H and O–H groups in total. The van der Waals surface area contributed by atoms with Crippen molar-refractivity contribution in [2.75, 3.05) is 18.6 Å². The minimum atomic E-state index is -1.52. The lowest BCUT2D eigenvalue weighted by Gasteiger charge is -2.55. The first-order chi connectivity index (χ1) is 14.8. The van der Waals surface area contributed by atoms with E-state index in [1.807, 2.05) is 68.4 Å². The number of rotatable bonds is 4. The van der Waals surface area contributed by atoms with Crippen molar-refractivity contribution in [3.8, 4) is 5.75 Å². The molecule has 1 amide bonds. The molecular weight excluding hydrogens is 398 g/mol. The van der Waals surface area contributed by atoms with Gasteiger partial charge in [0.1, 0.15) is 17.9 Å². The molecule has 3 heterocycles. The van der Waals surface area contributed by atoms with Gasteiger partial charge in [0.05, 0.1) is 13.7 Å². The Hall–Kier alpha value is -2.45. The third-order valence-electron chi connectivity index (χ3n) is 6.48. The average molecular weight is 425 g/mol. The Bertz CT molecular complexity index is 977. The molecule has 0 aliphatic carbocycles. The predicted octanol–water partition coefficient (Wildman–Crippen LogP) is 2.96. The highest BCUT2D eigenvalue weighted by Gasteiger charge is 2.71. The molecule has 2 aromatic rings. The SMILES string of the molecule is COc1ccc(N2C(=O)[C@@]3(CC[C@](O)(c4ccccc4)O3)[C@@H]2[C@H]2COC(C)(C)O2)cc1. The van der Waals surface area contributed by atoms with E-state index in [-0.39, 0.29) is 12.0 Å². The molecule has 7 nitrogen and oxygen atoms in total. The molecule has 3 aliphatic heterocycles. The van der Waals surface area contributed by atoms with E-state index in [1.54, 1.807) is 12.0 Å². The van der Waals surface area contributed by atoms with Gasteiger partial charge in [-0.2, -0.15) is 0 Å². The molecule has 31 heavy (non-hydrogen) atoms. The van der Waals surface area contributed by atoms with E-state index < -0.39 is 23.2 Å². The molecule has 164 valence electrons. The van der Waals surface area contributed by atoms with Crippen LogP contribution in [0.5, 0.6) is 5.75 Å². The number of methoxy groups -OCH3 is 1. The van der Waals surface area contributed by atoms with Crippen LogP contribution in [0.15, 0.2) is 54.6 Å². The Morgan fingerprint density at radius 2 is 1.77 bits per heavy atom. The third kappa shape index (κ3) is 3.15. The van der Waals surface area contributed by atoms with E-state index in [2.05, 4.69) is 0 Å². The van der Waals surface area contributed by atoms with Gasteiger partial charge in [-0.1, -0.05) is 30.3 Å². The first-order valence-corrected chi connectivity index (χ1v) is 10.6. The maximum atomic E-state index is 13.6. The molecule has 0 unspecified atom stereocenters. The van der Waals surface area contributed by atoms with E-state index in [0.717, 1.165) is 5.69 Å². The van der Waals surface area contributed by atoms with Crippen molar-refractivity contribution in [2.24, 2.45) is 0 Å². The van der Waals surface area contributed by atoms with Crippen molar-refractivity contribution in [1.82, 2.24) is 0 Å². The maximum Gasteiger partial charge on any atom is 0.262 e. The fourth-order valence-corrected chi connectivity index (χ4v) is 4.98. The van der Waals surface area contributed by atoms with Crippen molar-refractivity contribution in [3.63, 3.8) is 0 Å². The highest BCUT2D eigenvalue weighted by Crippen LogP contribution is 2.54. The lowest BCUT2D eigenvalue weighted by molar-refractivity contribution is -0.251. The van der Waals surface area contributed by atoms with Crippen molar-refractivity contribution in [2.45, 2.75) is 56.0 Å². The van der Waals surface area contributed by atoms with E-state index in [9.17, 15) is 9.90 Å². The lowest BCUT2D eigenvalue weighted by atomic mass is 9.76. The van der Waals surface area contributed by atoms with E-state index in [1.165, 1.54) is 0 Å². The third-order valence-corrected chi connectivity index (χ3v) is 6.48. The molecule has 4 atom stereocenters. The number of carbonyl (C=O) groups excluding carboxylic acids is 1. The number of ether oxygens (including phenoxy) is 4. The summed E-state index contributed by atoms with van der Waals surface area (Å²) >= 11 is 0. The summed E-state index contributed by atoms with van der Waals surface area (Å²) in [6, 6.07) is 16.1. The second-order valence-electron chi connectivity index (χ2n) is 8.83. The van der Waals surface area contributed by atoms with Gasteiger partial charge in [-0.25, -0.2) is 0 Å². The molecule has 1 spiro atoms. The van der Waals surface area contributed by atoms with E-state index in [0.29, 0.717) is 30.8 Å². The van der Waals surface area contributed by atoms with Crippen LogP contribution in [0.2, 0.25) is 0 Å². The Balaban J connectivity index is 1.50. The zero-order valence-corrected chi connectivity index (χ0v) is 17.9. The average Bonchev–Trinajstić information content (AvgIpc) is 3.34. The van der Waals surface area contributed by atoms with Crippen LogP contribution < -0.4 is 9.64 Å². The molecule has 0 radical (unpaired) electrons. The van der Waals surface area contributed by atoms with Crippen molar-refractivity contribution in [3.05, 3.63) is 60.2 Å². The van der Waals surface area contributed by atoms with Gasteiger partial charge in [0.25, 0.3) is 5.91 Å². The number of nitrogens with zero attached hydrogens (tertiary/aromatic N) is 1. The first-order valence-electron chi connectivity index (χ1n) is 10.6. The van der Waals surface area contributed by atoms with E-state index in [4.69, 9.17) is 18.9 Å². The number of carbonyl (C=O) groups is 1. The van der Waals surface area contributed by atoms with Gasteiger partial charge in [0.2, 0.25) is 0 Å². The van der Waals surface area contributed by atoms with Crippen LogP contribution in [0.3, 0.4) is 0 Å². The number of amides is 1. The van der Waals surface area contributed by atoms with Crippen LogP contribution in [-0.2, 0) is 24.8 Å². The number of β-lactam (4-membered cyclic amide) rings is 1. The van der Waals surface area contributed by atoms with Crippen LogP contribution in [0.1, 0.15) is 32.3 Å². The summed E-state index contributed by atoms with van der Waals surface area (Å²) in [5.41, 5.74) is 0.206. The largest absolute Gasteiger partial charge is 0.497 e. The van der Waals surface area contributed by atoms with Gasteiger partial charge < -0.3 is 29.0 Å². The zero-order chi connectivity index (χ0) is 21.9. The molecule has 0 bridgehead atoms. The lowest BCUT2D eigenvalue weighted by Crippen LogP contribution is -2.78. The summed E-state index contributed by atoms with van der Waals surface area (Å²) in [5.74, 6) is -1.73. The summed E-state index contributed by atoms with van der Waals surface area (Å²) in [6.07, 6.45) is 0.342. The quantitative estimate of drug-likeness (QED) is 0.759. The monoisotopic (exact) mass is 425 g/mol. The topological polar surface area (TPSA) is 77.5 Å². The second kappa shape index (κ2) is 7.03. The van der Waals surface area contributed by atoms with Crippen LogP contribution in [0.4, 0.5) is 5.69 Å². The minimum absolute atomic E-state index is 0.178. The fourth-order valence-electron chi connectivity index (χ4n) is 4.98. The Labute approximate surface area is 181 Å². The van der Waals surface area contributed by atoms with Crippen molar-refractivity contribution < 1.29 is 28.8 Å². The number of hydrogen-bond acceptors (Lipinski definition) is 6. The second-order valence-corrected chi connectivity index (χ2v) is 8.83.